The first-order valence-corrected chi connectivity index (χ1v) is 8.47. The van der Waals surface area contributed by atoms with Crippen LogP contribution in [-0.2, 0) is 4.79 Å². The van der Waals surface area contributed by atoms with Crippen LogP contribution >= 0.6 is 23.2 Å². The van der Waals surface area contributed by atoms with Crippen molar-refractivity contribution < 1.29 is 4.79 Å². The Morgan fingerprint density at radius 3 is 2.16 bits per heavy atom. The number of nitrogens with one attached hydrogen (secondary N) is 1. The van der Waals surface area contributed by atoms with Crippen LogP contribution < -0.4 is 5.32 Å². The van der Waals surface area contributed by atoms with Gasteiger partial charge in [-0.2, -0.15) is 0 Å². The van der Waals surface area contributed by atoms with Crippen LogP contribution in [0.4, 0.5) is 5.69 Å². The Morgan fingerprint density at radius 1 is 0.840 bits per heavy atom. The van der Waals surface area contributed by atoms with Gasteiger partial charge in [0.2, 0.25) is 0 Å². The molecule has 0 unspecified atom stereocenters. The number of anilines is 1. The third-order valence-electron chi connectivity index (χ3n) is 3.62. The van der Waals surface area contributed by atoms with Crippen LogP contribution in [0.5, 0.6) is 0 Å². The standard InChI is InChI=1S/C21H15Cl2NO/c22-17-11-12-19(23)20(14-17)24-21(25)18(16-9-5-2-6-10-16)13-15-7-3-1-4-8-15/h1-14H,(H,24,25). The molecule has 0 saturated heterocycles. The molecule has 1 N–H and O–H groups in total. The largest absolute Gasteiger partial charge is 0.321 e. The Hall–Kier alpha value is -2.55. The summed E-state index contributed by atoms with van der Waals surface area (Å²) in [7, 11) is 0. The van der Waals surface area contributed by atoms with Crippen molar-refractivity contribution in [2.24, 2.45) is 0 Å². The van der Waals surface area contributed by atoms with Gasteiger partial charge in [0.15, 0.2) is 0 Å². The predicted octanol–water partition coefficient (Wildman–Crippen LogP) is 6.17. The molecule has 4 heteroatoms. The van der Waals surface area contributed by atoms with Crippen molar-refractivity contribution in [1.29, 1.82) is 0 Å². The summed E-state index contributed by atoms with van der Waals surface area (Å²) in [5.41, 5.74) is 2.78. The Kier molecular flexibility index (Phi) is 5.54. The summed E-state index contributed by atoms with van der Waals surface area (Å²) < 4.78 is 0. The molecule has 0 atom stereocenters. The van der Waals surface area contributed by atoms with Crippen molar-refractivity contribution in [2.45, 2.75) is 0 Å². The summed E-state index contributed by atoms with van der Waals surface area (Å²) in [5.74, 6) is -0.251. The average molecular weight is 368 g/mol. The molecule has 0 aliphatic rings. The quantitative estimate of drug-likeness (QED) is 0.433. The van der Waals surface area contributed by atoms with Gasteiger partial charge in [0.25, 0.3) is 5.91 Å². The molecule has 124 valence electrons. The zero-order chi connectivity index (χ0) is 17.6. The van der Waals surface area contributed by atoms with Gasteiger partial charge in [-0.1, -0.05) is 83.9 Å². The van der Waals surface area contributed by atoms with Gasteiger partial charge in [-0.15, -0.1) is 0 Å². The van der Waals surface area contributed by atoms with Gasteiger partial charge in [0.05, 0.1) is 10.7 Å². The molecule has 0 saturated carbocycles. The molecular weight excluding hydrogens is 353 g/mol. The third kappa shape index (κ3) is 4.50. The SMILES string of the molecule is O=C(Nc1cc(Cl)ccc1Cl)C(=Cc1ccccc1)c1ccccc1. The highest BCUT2D eigenvalue weighted by Crippen LogP contribution is 2.27. The molecule has 0 bridgehead atoms. The molecule has 3 rings (SSSR count). The van der Waals surface area contributed by atoms with E-state index in [2.05, 4.69) is 5.32 Å². The Morgan fingerprint density at radius 2 is 1.48 bits per heavy atom. The summed E-state index contributed by atoms with van der Waals surface area (Å²) in [6.45, 7) is 0. The van der Waals surface area contributed by atoms with Crippen molar-refractivity contribution in [3.8, 4) is 0 Å². The first-order valence-electron chi connectivity index (χ1n) is 7.72. The number of carbonyl (C=O) groups excluding carboxylic acids is 1. The second-order valence-electron chi connectivity index (χ2n) is 5.41. The molecular formula is C21H15Cl2NO. The maximum Gasteiger partial charge on any atom is 0.256 e. The van der Waals surface area contributed by atoms with Gasteiger partial charge in [-0.25, -0.2) is 0 Å². The number of carbonyl (C=O) groups is 1. The molecule has 0 radical (unpaired) electrons. The van der Waals surface area contributed by atoms with Crippen LogP contribution in [0, 0.1) is 0 Å². The van der Waals surface area contributed by atoms with Gasteiger partial charge in [-0.3, -0.25) is 4.79 Å². The molecule has 0 fully saturated rings. The van der Waals surface area contributed by atoms with Crippen LogP contribution in [0.1, 0.15) is 11.1 Å². The lowest BCUT2D eigenvalue weighted by molar-refractivity contribution is -0.111. The van der Waals surface area contributed by atoms with E-state index in [0.717, 1.165) is 11.1 Å². The topological polar surface area (TPSA) is 29.1 Å². The van der Waals surface area contributed by atoms with E-state index in [1.54, 1.807) is 18.2 Å². The predicted molar refractivity (Wildman–Crippen MR) is 106 cm³/mol. The fourth-order valence-electron chi connectivity index (χ4n) is 2.40. The number of rotatable bonds is 4. The van der Waals surface area contributed by atoms with Crippen LogP contribution in [0.3, 0.4) is 0 Å². The number of hydrogen-bond acceptors (Lipinski definition) is 1. The highest BCUT2D eigenvalue weighted by Gasteiger charge is 2.14. The van der Waals surface area contributed by atoms with E-state index in [4.69, 9.17) is 23.2 Å². The van der Waals surface area contributed by atoms with Crippen LogP contribution in [-0.4, -0.2) is 5.91 Å². The van der Waals surface area contributed by atoms with Crippen molar-refractivity contribution in [1.82, 2.24) is 0 Å². The highest BCUT2D eigenvalue weighted by atomic mass is 35.5. The molecule has 3 aromatic carbocycles. The van der Waals surface area contributed by atoms with Gasteiger partial charge in [0, 0.05) is 10.6 Å². The summed E-state index contributed by atoms with van der Waals surface area (Å²) >= 11 is 12.2. The van der Waals surface area contributed by atoms with Crippen molar-refractivity contribution in [3.05, 3.63) is 100 Å². The van der Waals surface area contributed by atoms with E-state index in [1.807, 2.05) is 66.7 Å². The van der Waals surface area contributed by atoms with E-state index >= 15 is 0 Å². The number of halogens is 2. The highest BCUT2D eigenvalue weighted by molar-refractivity contribution is 6.37. The van der Waals surface area contributed by atoms with Crippen molar-refractivity contribution in [3.63, 3.8) is 0 Å². The first-order chi connectivity index (χ1) is 12.1. The van der Waals surface area contributed by atoms with Gasteiger partial charge < -0.3 is 5.32 Å². The molecule has 0 aliphatic carbocycles. The zero-order valence-electron chi connectivity index (χ0n) is 13.2. The minimum absolute atomic E-state index is 0.251. The van der Waals surface area contributed by atoms with E-state index in [0.29, 0.717) is 21.3 Å². The molecule has 0 spiro atoms. The number of amides is 1. The Balaban J connectivity index is 1.98. The summed E-state index contributed by atoms with van der Waals surface area (Å²) in [4.78, 5) is 12.9. The van der Waals surface area contributed by atoms with Gasteiger partial charge >= 0.3 is 0 Å². The molecule has 25 heavy (non-hydrogen) atoms. The van der Waals surface area contributed by atoms with Crippen molar-refractivity contribution >= 4 is 46.4 Å². The Bertz CT molecular complexity index is 906. The lowest BCUT2D eigenvalue weighted by Gasteiger charge is -2.11. The number of hydrogen-bond donors (Lipinski definition) is 1. The molecule has 2 nitrogen and oxygen atoms in total. The maximum atomic E-state index is 12.9. The first kappa shape index (κ1) is 17.3. The fourth-order valence-corrected chi connectivity index (χ4v) is 2.73. The normalized spacial score (nSPS) is 11.2. The van der Waals surface area contributed by atoms with Crippen LogP contribution in [0.25, 0.3) is 11.6 Å². The van der Waals surface area contributed by atoms with E-state index in [-0.39, 0.29) is 5.91 Å². The summed E-state index contributed by atoms with van der Waals surface area (Å²) in [6, 6.07) is 24.2. The smallest absolute Gasteiger partial charge is 0.256 e. The fraction of sp³-hybridized carbons (Fsp3) is 0. The molecule has 0 heterocycles. The third-order valence-corrected chi connectivity index (χ3v) is 4.18. The molecule has 1 amide bonds. The van der Waals surface area contributed by atoms with E-state index in [1.165, 1.54) is 0 Å². The van der Waals surface area contributed by atoms with E-state index < -0.39 is 0 Å². The summed E-state index contributed by atoms with van der Waals surface area (Å²) in [5, 5.41) is 3.79. The molecule has 0 aromatic heterocycles. The van der Waals surface area contributed by atoms with Crippen LogP contribution in [0.2, 0.25) is 10.0 Å². The lowest BCUT2D eigenvalue weighted by atomic mass is 10.0. The number of benzene rings is 3. The van der Waals surface area contributed by atoms with Gasteiger partial charge in [0.1, 0.15) is 0 Å². The average Bonchev–Trinajstić information content (AvgIpc) is 2.64. The maximum absolute atomic E-state index is 12.9. The molecule has 3 aromatic rings. The minimum Gasteiger partial charge on any atom is -0.321 e. The zero-order valence-corrected chi connectivity index (χ0v) is 14.8. The summed E-state index contributed by atoms with van der Waals surface area (Å²) in [6.07, 6.45) is 1.85. The minimum atomic E-state index is -0.251. The van der Waals surface area contributed by atoms with Crippen molar-refractivity contribution in [2.75, 3.05) is 5.32 Å². The lowest BCUT2D eigenvalue weighted by Crippen LogP contribution is -2.14. The Labute approximate surface area is 156 Å². The molecule has 0 aliphatic heterocycles. The van der Waals surface area contributed by atoms with Crippen LogP contribution in [0.15, 0.2) is 78.9 Å². The monoisotopic (exact) mass is 367 g/mol. The second kappa shape index (κ2) is 8.02. The van der Waals surface area contributed by atoms with Gasteiger partial charge in [-0.05, 0) is 35.4 Å². The second-order valence-corrected chi connectivity index (χ2v) is 6.26. The van der Waals surface area contributed by atoms with E-state index in [9.17, 15) is 4.79 Å².